The van der Waals surface area contributed by atoms with E-state index in [1.165, 1.54) is 17.1 Å². The molecule has 0 saturated carbocycles. The minimum atomic E-state index is -0.380. The van der Waals surface area contributed by atoms with E-state index in [9.17, 15) is 4.39 Å². The first-order chi connectivity index (χ1) is 12.6. The fourth-order valence-corrected chi connectivity index (χ4v) is 2.94. The molecule has 8 nitrogen and oxygen atoms in total. The van der Waals surface area contributed by atoms with Gasteiger partial charge in [-0.05, 0) is 28.1 Å². The van der Waals surface area contributed by atoms with Crippen molar-refractivity contribution >= 4 is 15.9 Å². The zero-order chi connectivity index (χ0) is 18.1. The van der Waals surface area contributed by atoms with E-state index in [2.05, 4.69) is 41.4 Å². The summed E-state index contributed by atoms with van der Waals surface area (Å²) < 4.78 is 19.2. The number of hydrogen-bond acceptors (Lipinski definition) is 5. The lowest BCUT2D eigenvalue weighted by Gasteiger charge is -2.17. The van der Waals surface area contributed by atoms with Gasteiger partial charge in [-0.25, -0.2) is 9.07 Å². The maximum Gasteiger partial charge on any atom is 0.161 e. The van der Waals surface area contributed by atoms with Crippen LogP contribution in [0.3, 0.4) is 0 Å². The Morgan fingerprint density at radius 3 is 2.65 bits per heavy atom. The van der Waals surface area contributed by atoms with Crippen molar-refractivity contribution in [1.82, 2.24) is 39.5 Å². The molecule has 0 aliphatic rings. The normalized spacial score (nSPS) is 12.4. The first-order valence-electron chi connectivity index (χ1n) is 7.79. The van der Waals surface area contributed by atoms with Gasteiger partial charge in [-0.1, -0.05) is 5.21 Å². The molecule has 0 spiro atoms. The summed E-state index contributed by atoms with van der Waals surface area (Å²) in [6, 6.07) is 3.56. The van der Waals surface area contributed by atoms with Gasteiger partial charge in [0.2, 0.25) is 0 Å². The molecule has 0 aliphatic carbocycles. The average Bonchev–Trinajstić information content (AvgIpc) is 3.35. The Balaban J connectivity index is 1.71. The van der Waals surface area contributed by atoms with Crippen LogP contribution in [-0.2, 0) is 13.6 Å². The van der Waals surface area contributed by atoms with Gasteiger partial charge in [0.05, 0.1) is 42.7 Å². The van der Waals surface area contributed by atoms with Gasteiger partial charge in [0.15, 0.2) is 5.82 Å². The summed E-state index contributed by atoms with van der Waals surface area (Å²) in [4.78, 5) is 4.48. The number of aryl methyl sites for hydroxylation is 1. The van der Waals surface area contributed by atoms with E-state index in [-0.39, 0.29) is 11.9 Å². The maximum atomic E-state index is 13.3. The van der Waals surface area contributed by atoms with Crippen LogP contribution in [0.15, 0.2) is 53.8 Å². The molecule has 132 valence electrons. The zero-order valence-electron chi connectivity index (χ0n) is 13.7. The highest BCUT2D eigenvalue weighted by molar-refractivity contribution is 9.10. The van der Waals surface area contributed by atoms with Gasteiger partial charge in [-0.15, -0.1) is 5.10 Å². The van der Waals surface area contributed by atoms with Crippen molar-refractivity contribution in [3.8, 4) is 11.3 Å². The summed E-state index contributed by atoms with van der Waals surface area (Å²) >= 11 is 3.39. The Morgan fingerprint density at radius 1 is 1.12 bits per heavy atom. The van der Waals surface area contributed by atoms with Gasteiger partial charge in [0.1, 0.15) is 6.04 Å². The summed E-state index contributed by atoms with van der Waals surface area (Å²) in [6.07, 6.45) is 9.57. The smallest absolute Gasteiger partial charge is 0.161 e. The van der Waals surface area contributed by atoms with E-state index in [1.54, 1.807) is 28.0 Å². The Labute approximate surface area is 156 Å². The number of hydrogen-bond donors (Lipinski definition) is 0. The minimum absolute atomic E-state index is 0.252. The lowest BCUT2D eigenvalue weighted by Crippen LogP contribution is -2.19. The molecule has 4 aromatic heterocycles. The van der Waals surface area contributed by atoms with E-state index in [0.717, 1.165) is 21.4 Å². The topological polar surface area (TPSA) is 79.2 Å². The third-order valence-electron chi connectivity index (χ3n) is 3.98. The molecule has 0 N–H and O–H groups in total. The van der Waals surface area contributed by atoms with Crippen LogP contribution in [0.1, 0.15) is 11.7 Å². The molecule has 0 fully saturated rings. The van der Waals surface area contributed by atoms with Crippen LogP contribution in [-0.4, -0.2) is 39.5 Å². The number of pyridine rings is 1. The number of aromatic nitrogens is 8. The molecular formula is C16H14BrFN8. The average molecular weight is 417 g/mol. The third-order valence-corrected chi connectivity index (χ3v) is 4.45. The molecule has 0 saturated heterocycles. The predicted octanol–water partition coefficient (Wildman–Crippen LogP) is 2.46. The molecule has 0 radical (unpaired) electrons. The summed E-state index contributed by atoms with van der Waals surface area (Å²) in [5, 5.41) is 16.3. The van der Waals surface area contributed by atoms with E-state index in [4.69, 9.17) is 0 Å². The van der Waals surface area contributed by atoms with Gasteiger partial charge < -0.3 is 0 Å². The van der Waals surface area contributed by atoms with Crippen molar-refractivity contribution in [1.29, 1.82) is 0 Å². The Morgan fingerprint density at radius 2 is 2.00 bits per heavy atom. The fraction of sp³-hybridized carbons (Fsp3) is 0.188. The predicted molar refractivity (Wildman–Crippen MR) is 94.5 cm³/mol. The number of halogens is 2. The Kier molecular flexibility index (Phi) is 4.33. The first kappa shape index (κ1) is 16.6. The Hall–Kier alpha value is -2.88. The van der Waals surface area contributed by atoms with E-state index in [0.29, 0.717) is 6.54 Å². The highest BCUT2D eigenvalue weighted by atomic mass is 79.9. The van der Waals surface area contributed by atoms with Crippen LogP contribution in [0.4, 0.5) is 4.39 Å². The lowest BCUT2D eigenvalue weighted by atomic mass is 10.2. The third kappa shape index (κ3) is 3.27. The molecule has 10 heteroatoms. The molecule has 0 aromatic carbocycles. The summed E-state index contributed by atoms with van der Waals surface area (Å²) in [6.45, 7) is 0.392. The highest BCUT2D eigenvalue weighted by Gasteiger charge is 2.19. The second-order valence-electron chi connectivity index (χ2n) is 5.75. The molecule has 4 rings (SSSR count). The standard InChI is InChI=1S/C16H14BrFN8/c1-24-15(7-20-23-24)11-4-22-26(8-11)16(10-25-9-13(18)6-21-25)14-3-2-12(17)5-19-14/h2-9,16H,10H2,1H3. The fourth-order valence-electron chi connectivity index (χ4n) is 2.70. The second kappa shape index (κ2) is 6.79. The van der Waals surface area contributed by atoms with Crippen molar-refractivity contribution in [2.75, 3.05) is 0 Å². The SMILES string of the molecule is Cn1nncc1-c1cnn(C(Cn2cc(F)cn2)c2ccc(Br)cn2)c1. The molecule has 1 unspecified atom stereocenters. The van der Waals surface area contributed by atoms with Gasteiger partial charge in [-0.2, -0.15) is 10.2 Å². The van der Waals surface area contributed by atoms with Crippen LogP contribution < -0.4 is 0 Å². The van der Waals surface area contributed by atoms with Crippen molar-refractivity contribution in [3.63, 3.8) is 0 Å². The molecule has 0 bridgehead atoms. The molecule has 0 aliphatic heterocycles. The van der Waals surface area contributed by atoms with Crippen molar-refractivity contribution in [3.05, 3.63) is 65.3 Å². The highest BCUT2D eigenvalue weighted by Crippen LogP contribution is 2.23. The van der Waals surface area contributed by atoms with E-state index < -0.39 is 0 Å². The summed E-state index contributed by atoms with van der Waals surface area (Å²) in [7, 11) is 1.82. The molecule has 0 amide bonds. The van der Waals surface area contributed by atoms with Crippen LogP contribution in [0.5, 0.6) is 0 Å². The van der Waals surface area contributed by atoms with Gasteiger partial charge in [-0.3, -0.25) is 14.3 Å². The monoisotopic (exact) mass is 416 g/mol. The minimum Gasteiger partial charge on any atom is -0.267 e. The maximum absolute atomic E-state index is 13.3. The zero-order valence-corrected chi connectivity index (χ0v) is 15.3. The van der Waals surface area contributed by atoms with E-state index >= 15 is 0 Å². The molecule has 4 aromatic rings. The summed E-state index contributed by atoms with van der Waals surface area (Å²) in [5.74, 6) is -0.380. The largest absolute Gasteiger partial charge is 0.267 e. The van der Waals surface area contributed by atoms with Gasteiger partial charge in [0.25, 0.3) is 0 Å². The van der Waals surface area contributed by atoms with Gasteiger partial charge >= 0.3 is 0 Å². The summed E-state index contributed by atoms with van der Waals surface area (Å²) in [5.41, 5.74) is 2.53. The lowest BCUT2D eigenvalue weighted by molar-refractivity contribution is 0.421. The van der Waals surface area contributed by atoms with Crippen molar-refractivity contribution in [2.45, 2.75) is 12.6 Å². The van der Waals surface area contributed by atoms with Crippen molar-refractivity contribution in [2.24, 2.45) is 7.05 Å². The van der Waals surface area contributed by atoms with Crippen LogP contribution in [0.25, 0.3) is 11.3 Å². The molecule has 4 heterocycles. The second-order valence-corrected chi connectivity index (χ2v) is 6.67. The van der Waals surface area contributed by atoms with Crippen LogP contribution in [0.2, 0.25) is 0 Å². The van der Waals surface area contributed by atoms with Crippen LogP contribution in [0, 0.1) is 5.82 Å². The number of rotatable bonds is 5. The molecule has 26 heavy (non-hydrogen) atoms. The number of nitrogens with zero attached hydrogens (tertiary/aromatic N) is 8. The Bertz CT molecular complexity index is 1020. The quantitative estimate of drug-likeness (QED) is 0.499. The first-order valence-corrected chi connectivity index (χ1v) is 8.58. The molecular weight excluding hydrogens is 403 g/mol. The van der Waals surface area contributed by atoms with Crippen molar-refractivity contribution < 1.29 is 4.39 Å². The molecule has 1 atom stereocenters. The van der Waals surface area contributed by atoms with Crippen LogP contribution >= 0.6 is 15.9 Å². The van der Waals surface area contributed by atoms with Gasteiger partial charge in [0, 0.05) is 29.5 Å². The van der Waals surface area contributed by atoms with E-state index in [1.807, 2.05) is 25.4 Å².